The maximum atomic E-state index is 12.1. The first-order valence-corrected chi connectivity index (χ1v) is 8.14. The van der Waals surface area contributed by atoms with Crippen molar-refractivity contribution in [2.24, 2.45) is 5.92 Å². The zero-order valence-corrected chi connectivity index (χ0v) is 14.2. The third kappa shape index (κ3) is 5.91. The van der Waals surface area contributed by atoms with Gasteiger partial charge in [0.2, 0.25) is 0 Å². The fraction of sp³-hybridized carbons (Fsp3) is 0.333. The first-order chi connectivity index (χ1) is 11.0. The van der Waals surface area contributed by atoms with E-state index >= 15 is 0 Å². The van der Waals surface area contributed by atoms with Gasteiger partial charge in [-0.15, -0.1) is 0 Å². The smallest absolute Gasteiger partial charge is 0.252 e. The molecular weight excluding hydrogens is 310 g/mol. The van der Waals surface area contributed by atoms with Gasteiger partial charge in [-0.25, -0.2) is 0 Å². The molecule has 0 spiro atoms. The summed E-state index contributed by atoms with van der Waals surface area (Å²) < 4.78 is 0. The molecule has 0 bridgehead atoms. The van der Waals surface area contributed by atoms with E-state index in [1.165, 1.54) is 0 Å². The Labute approximate surface area is 142 Å². The number of anilines is 1. The molecule has 23 heavy (non-hydrogen) atoms. The van der Waals surface area contributed by atoms with Crippen LogP contribution in [-0.4, -0.2) is 17.4 Å². The third-order valence-electron chi connectivity index (χ3n) is 3.42. The standard InChI is InChI=1S/C18H22ClN3O/c1-13(2)7-8-21-18(23)15-9-17(12-20-11-15)22-10-14-3-5-16(19)6-4-14/h3-6,9,11-13,22H,7-8,10H2,1-2H3,(H,21,23). The number of hydrogen-bond acceptors (Lipinski definition) is 3. The molecule has 0 radical (unpaired) electrons. The van der Waals surface area contributed by atoms with E-state index in [1.807, 2.05) is 30.3 Å². The first-order valence-electron chi connectivity index (χ1n) is 7.76. The van der Waals surface area contributed by atoms with Crippen LogP contribution in [0.15, 0.2) is 42.7 Å². The van der Waals surface area contributed by atoms with E-state index in [1.54, 1.807) is 12.4 Å². The Bertz CT molecular complexity index is 641. The molecule has 1 aromatic carbocycles. The van der Waals surface area contributed by atoms with E-state index in [0.717, 1.165) is 22.7 Å². The summed E-state index contributed by atoms with van der Waals surface area (Å²) in [5, 5.41) is 6.90. The van der Waals surface area contributed by atoms with Crippen LogP contribution in [0.3, 0.4) is 0 Å². The second-order valence-corrected chi connectivity index (χ2v) is 6.32. The van der Waals surface area contributed by atoms with Crippen molar-refractivity contribution in [3.63, 3.8) is 0 Å². The summed E-state index contributed by atoms with van der Waals surface area (Å²) in [5.41, 5.74) is 2.49. The van der Waals surface area contributed by atoms with Gasteiger partial charge in [-0.3, -0.25) is 9.78 Å². The van der Waals surface area contributed by atoms with Gasteiger partial charge >= 0.3 is 0 Å². The van der Waals surface area contributed by atoms with Crippen molar-refractivity contribution in [3.05, 3.63) is 58.9 Å². The van der Waals surface area contributed by atoms with Crippen molar-refractivity contribution < 1.29 is 4.79 Å². The van der Waals surface area contributed by atoms with Crippen molar-refractivity contribution >= 4 is 23.2 Å². The molecule has 4 nitrogen and oxygen atoms in total. The van der Waals surface area contributed by atoms with Crippen molar-refractivity contribution in [2.45, 2.75) is 26.8 Å². The average Bonchev–Trinajstić information content (AvgIpc) is 2.54. The Hall–Kier alpha value is -2.07. The molecule has 0 aliphatic heterocycles. The summed E-state index contributed by atoms with van der Waals surface area (Å²) in [6.45, 7) is 5.60. The van der Waals surface area contributed by atoms with Crippen molar-refractivity contribution in [1.29, 1.82) is 0 Å². The quantitative estimate of drug-likeness (QED) is 0.802. The Balaban J connectivity index is 1.91. The summed E-state index contributed by atoms with van der Waals surface area (Å²) in [6.07, 6.45) is 4.26. The van der Waals surface area contributed by atoms with Gasteiger partial charge in [-0.2, -0.15) is 0 Å². The lowest BCUT2D eigenvalue weighted by atomic mass is 10.1. The number of hydrogen-bond donors (Lipinski definition) is 2. The minimum absolute atomic E-state index is 0.0895. The van der Waals surface area contributed by atoms with Gasteiger partial charge in [-0.1, -0.05) is 37.6 Å². The zero-order chi connectivity index (χ0) is 16.7. The normalized spacial score (nSPS) is 10.6. The summed E-state index contributed by atoms with van der Waals surface area (Å²) in [7, 11) is 0. The van der Waals surface area contributed by atoms with Crippen LogP contribution >= 0.6 is 11.6 Å². The predicted octanol–water partition coefficient (Wildman–Crippen LogP) is 4.12. The Kier molecular flexibility index (Phi) is 6.41. The third-order valence-corrected chi connectivity index (χ3v) is 3.67. The predicted molar refractivity (Wildman–Crippen MR) is 94.8 cm³/mol. The highest BCUT2D eigenvalue weighted by molar-refractivity contribution is 6.30. The number of aromatic nitrogens is 1. The summed E-state index contributed by atoms with van der Waals surface area (Å²) in [6, 6.07) is 9.45. The van der Waals surface area contributed by atoms with Gasteiger partial charge in [-0.05, 0) is 36.1 Å². The second-order valence-electron chi connectivity index (χ2n) is 5.88. The molecule has 1 heterocycles. The molecule has 2 N–H and O–H groups in total. The molecule has 0 aliphatic rings. The second kappa shape index (κ2) is 8.53. The van der Waals surface area contributed by atoms with Crippen LogP contribution in [0.1, 0.15) is 36.2 Å². The summed E-state index contributed by atoms with van der Waals surface area (Å²) in [5.74, 6) is 0.481. The average molecular weight is 332 g/mol. The van der Waals surface area contributed by atoms with Crippen LogP contribution in [0.5, 0.6) is 0 Å². The van der Waals surface area contributed by atoms with E-state index in [9.17, 15) is 4.79 Å². The molecule has 2 aromatic rings. The summed E-state index contributed by atoms with van der Waals surface area (Å²) in [4.78, 5) is 16.2. The maximum Gasteiger partial charge on any atom is 0.252 e. The monoisotopic (exact) mass is 331 g/mol. The van der Waals surface area contributed by atoms with Crippen molar-refractivity contribution in [2.75, 3.05) is 11.9 Å². The number of pyridine rings is 1. The van der Waals surface area contributed by atoms with Crippen molar-refractivity contribution in [1.82, 2.24) is 10.3 Å². The molecule has 2 rings (SSSR count). The molecule has 1 amide bonds. The van der Waals surface area contributed by atoms with Crippen LogP contribution in [0.25, 0.3) is 0 Å². The minimum Gasteiger partial charge on any atom is -0.380 e. The van der Waals surface area contributed by atoms with Gasteiger partial charge in [0.25, 0.3) is 5.91 Å². The number of nitrogens with zero attached hydrogens (tertiary/aromatic N) is 1. The van der Waals surface area contributed by atoms with Gasteiger partial charge < -0.3 is 10.6 Å². The minimum atomic E-state index is -0.0895. The molecule has 0 atom stereocenters. The number of amides is 1. The van der Waals surface area contributed by atoms with E-state index in [-0.39, 0.29) is 5.91 Å². The van der Waals surface area contributed by atoms with Crippen LogP contribution < -0.4 is 10.6 Å². The van der Waals surface area contributed by atoms with Gasteiger partial charge in [0.15, 0.2) is 0 Å². The topological polar surface area (TPSA) is 54.0 Å². The van der Waals surface area contributed by atoms with E-state index in [0.29, 0.717) is 24.6 Å². The van der Waals surface area contributed by atoms with Gasteiger partial charge in [0.1, 0.15) is 0 Å². The largest absolute Gasteiger partial charge is 0.380 e. The fourth-order valence-corrected chi connectivity index (χ4v) is 2.17. The highest BCUT2D eigenvalue weighted by Crippen LogP contribution is 2.13. The van der Waals surface area contributed by atoms with Crippen LogP contribution in [0, 0.1) is 5.92 Å². The van der Waals surface area contributed by atoms with Gasteiger partial charge in [0.05, 0.1) is 11.3 Å². The number of benzene rings is 1. The molecule has 0 saturated carbocycles. The SMILES string of the molecule is CC(C)CCNC(=O)c1cncc(NCc2ccc(Cl)cc2)c1. The molecular formula is C18H22ClN3O. The maximum absolute atomic E-state index is 12.1. The molecule has 1 aromatic heterocycles. The molecule has 122 valence electrons. The molecule has 0 unspecified atom stereocenters. The number of rotatable bonds is 7. The Morgan fingerprint density at radius 1 is 1.22 bits per heavy atom. The number of carbonyl (C=O) groups is 1. The van der Waals surface area contributed by atoms with Crippen molar-refractivity contribution in [3.8, 4) is 0 Å². The molecule has 0 aliphatic carbocycles. The number of halogens is 1. The number of carbonyl (C=O) groups excluding carboxylic acids is 1. The van der Waals surface area contributed by atoms with Crippen LogP contribution in [0.2, 0.25) is 5.02 Å². The molecule has 0 fully saturated rings. The lowest BCUT2D eigenvalue weighted by Crippen LogP contribution is -2.25. The highest BCUT2D eigenvalue weighted by atomic mass is 35.5. The lowest BCUT2D eigenvalue weighted by molar-refractivity contribution is 0.0951. The lowest BCUT2D eigenvalue weighted by Gasteiger charge is -2.09. The zero-order valence-electron chi connectivity index (χ0n) is 13.5. The van der Waals surface area contributed by atoms with Crippen LogP contribution in [0.4, 0.5) is 5.69 Å². The van der Waals surface area contributed by atoms with E-state index in [4.69, 9.17) is 11.6 Å². The van der Waals surface area contributed by atoms with E-state index in [2.05, 4.69) is 29.5 Å². The number of nitrogens with one attached hydrogen (secondary N) is 2. The molecule has 0 saturated heterocycles. The Morgan fingerprint density at radius 2 is 1.96 bits per heavy atom. The highest BCUT2D eigenvalue weighted by Gasteiger charge is 2.07. The summed E-state index contributed by atoms with van der Waals surface area (Å²) >= 11 is 5.87. The first kappa shape index (κ1) is 17.3. The van der Waals surface area contributed by atoms with E-state index < -0.39 is 0 Å². The molecule has 5 heteroatoms. The Morgan fingerprint density at radius 3 is 2.65 bits per heavy atom. The van der Waals surface area contributed by atoms with Crippen LogP contribution in [-0.2, 0) is 6.54 Å². The fourth-order valence-electron chi connectivity index (χ4n) is 2.04. The van der Waals surface area contributed by atoms with Gasteiger partial charge in [0, 0.05) is 30.5 Å².